The Labute approximate surface area is 146 Å². The van der Waals surface area contributed by atoms with Gasteiger partial charge in [0, 0.05) is 20.0 Å². The summed E-state index contributed by atoms with van der Waals surface area (Å²) in [5, 5.41) is 12.4. The van der Waals surface area contributed by atoms with Crippen LogP contribution in [-0.4, -0.2) is 62.8 Å². The Morgan fingerprint density at radius 2 is 2.12 bits per heavy atom. The van der Waals surface area contributed by atoms with Crippen molar-refractivity contribution < 1.29 is 23.1 Å². The van der Waals surface area contributed by atoms with Crippen LogP contribution >= 0.6 is 11.6 Å². The van der Waals surface area contributed by atoms with E-state index in [9.17, 15) is 18.3 Å². The lowest BCUT2D eigenvalue weighted by molar-refractivity contribution is -0.121. The predicted octanol–water partition coefficient (Wildman–Crippen LogP) is 0.611. The SMILES string of the molecule is CN(C)S(=O)(=O)C[C@@H]1COC[C@@H]1NC(=O)Cc1ccc(O)c(Cl)c1. The van der Waals surface area contributed by atoms with Gasteiger partial charge in [0.25, 0.3) is 0 Å². The number of sulfonamides is 1. The fourth-order valence-corrected chi connectivity index (χ4v) is 3.82. The van der Waals surface area contributed by atoms with Crippen molar-refractivity contribution in [1.82, 2.24) is 9.62 Å². The number of phenolic OH excluding ortho intramolecular Hbond substituents is 1. The highest BCUT2D eigenvalue weighted by molar-refractivity contribution is 7.89. The van der Waals surface area contributed by atoms with Gasteiger partial charge in [0.15, 0.2) is 0 Å². The second-order valence-electron chi connectivity index (χ2n) is 6.00. The van der Waals surface area contributed by atoms with Gasteiger partial charge in [-0.1, -0.05) is 17.7 Å². The molecular formula is C15H21ClN2O5S. The Kier molecular flexibility index (Phi) is 6.08. The summed E-state index contributed by atoms with van der Waals surface area (Å²) in [7, 11) is -0.404. The topological polar surface area (TPSA) is 95.9 Å². The van der Waals surface area contributed by atoms with E-state index in [0.717, 1.165) is 0 Å². The fourth-order valence-electron chi connectivity index (χ4n) is 2.45. The summed E-state index contributed by atoms with van der Waals surface area (Å²) in [6.07, 6.45) is 0.0870. The predicted molar refractivity (Wildman–Crippen MR) is 90.5 cm³/mol. The number of nitrogens with one attached hydrogen (secondary N) is 1. The minimum atomic E-state index is -3.36. The molecule has 1 aromatic carbocycles. The number of carbonyl (C=O) groups is 1. The van der Waals surface area contributed by atoms with E-state index in [1.165, 1.54) is 30.5 Å². The molecule has 24 heavy (non-hydrogen) atoms. The van der Waals surface area contributed by atoms with Crippen molar-refractivity contribution in [3.05, 3.63) is 28.8 Å². The average molecular weight is 377 g/mol. The number of ether oxygens (including phenoxy) is 1. The van der Waals surface area contributed by atoms with Crippen LogP contribution in [0.5, 0.6) is 5.75 Å². The summed E-state index contributed by atoms with van der Waals surface area (Å²) in [5.41, 5.74) is 0.659. The molecule has 1 fully saturated rings. The summed E-state index contributed by atoms with van der Waals surface area (Å²) in [6, 6.07) is 4.21. The first-order valence-corrected chi connectivity index (χ1v) is 9.42. The highest BCUT2D eigenvalue weighted by Crippen LogP contribution is 2.24. The Morgan fingerprint density at radius 3 is 2.75 bits per heavy atom. The van der Waals surface area contributed by atoms with Crippen LogP contribution < -0.4 is 5.32 Å². The second kappa shape index (κ2) is 7.69. The van der Waals surface area contributed by atoms with Crippen LogP contribution in [0.3, 0.4) is 0 Å². The molecule has 0 spiro atoms. The van der Waals surface area contributed by atoms with Gasteiger partial charge in [-0.15, -0.1) is 0 Å². The number of rotatable bonds is 6. The number of aromatic hydroxyl groups is 1. The first kappa shape index (κ1) is 19.0. The molecule has 2 N–H and O–H groups in total. The van der Waals surface area contributed by atoms with Gasteiger partial charge in [-0.25, -0.2) is 12.7 Å². The zero-order valence-electron chi connectivity index (χ0n) is 13.5. The van der Waals surface area contributed by atoms with Crippen molar-refractivity contribution >= 4 is 27.5 Å². The number of nitrogens with zero attached hydrogens (tertiary/aromatic N) is 1. The molecule has 1 amide bonds. The first-order chi connectivity index (χ1) is 11.2. The van der Waals surface area contributed by atoms with Gasteiger partial charge in [-0.05, 0) is 17.7 Å². The van der Waals surface area contributed by atoms with Crippen LogP contribution in [0, 0.1) is 5.92 Å². The van der Waals surface area contributed by atoms with Gasteiger partial charge in [-0.2, -0.15) is 0 Å². The molecule has 1 aromatic rings. The zero-order valence-corrected chi connectivity index (χ0v) is 15.1. The maximum atomic E-state index is 12.2. The van der Waals surface area contributed by atoms with E-state index in [1.54, 1.807) is 6.07 Å². The monoisotopic (exact) mass is 376 g/mol. The number of carbonyl (C=O) groups excluding carboxylic acids is 1. The number of hydrogen-bond acceptors (Lipinski definition) is 5. The zero-order chi connectivity index (χ0) is 17.9. The van der Waals surface area contributed by atoms with Gasteiger partial charge in [0.05, 0.1) is 36.5 Å². The Morgan fingerprint density at radius 1 is 1.42 bits per heavy atom. The average Bonchev–Trinajstić information content (AvgIpc) is 2.89. The van der Waals surface area contributed by atoms with Gasteiger partial charge < -0.3 is 15.2 Å². The van der Waals surface area contributed by atoms with Crippen LogP contribution in [0.2, 0.25) is 5.02 Å². The molecule has 1 saturated heterocycles. The Hall–Kier alpha value is -1.35. The Balaban J connectivity index is 1.96. The normalized spacial score (nSPS) is 21.2. The molecule has 1 aliphatic heterocycles. The molecule has 0 aromatic heterocycles. The molecule has 1 heterocycles. The van der Waals surface area contributed by atoms with Crippen LogP contribution in [0.4, 0.5) is 0 Å². The van der Waals surface area contributed by atoms with E-state index in [2.05, 4.69) is 5.32 Å². The molecule has 0 bridgehead atoms. The smallest absolute Gasteiger partial charge is 0.224 e. The molecule has 2 atom stereocenters. The third kappa shape index (κ3) is 4.83. The van der Waals surface area contributed by atoms with Gasteiger partial charge in [-0.3, -0.25) is 4.79 Å². The molecule has 134 valence electrons. The lowest BCUT2D eigenvalue weighted by Gasteiger charge is -2.21. The van der Waals surface area contributed by atoms with Crippen molar-refractivity contribution in [2.24, 2.45) is 5.92 Å². The van der Waals surface area contributed by atoms with E-state index in [0.29, 0.717) is 12.2 Å². The van der Waals surface area contributed by atoms with Crippen LogP contribution in [0.25, 0.3) is 0 Å². The third-order valence-electron chi connectivity index (χ3n) is 3.90. The number of amides is 1. The van der Waals surface area contributed by atoms with Crippen molar-refractivity contribution in [1.29, 1.82) is 0 Å². The highest BCUT2D eigenvalue weighted by atomic mass is 35.5. The maximum absolute atomic E-state index is 12.2. The maximum Gasteiger partial charge on any atom is 0.224 e. The molecule has 1 aliphatic rings. The molecule has 0 aliphatic carbocycles. The van der Waals surface area contributed by atoms with Crippen LogP contribution in [-0.2, 0) is 26.0 Å². The van der Waals surface area contributed by atoms with Crippen molar-refractivity contribution in [2.75, 3.05) is 33.1 Å². The highest BCUT2D eigenvalue weighted by Gasteiger charge is 2.34. The van der Waals surface area contributed by atoms with Crippen molar-refractivity contribution in [3.8, 4) is 5.75 Å². The Bertz CT molecular complexity index is 708. The molecule has 0 unspecified atom stereocenters. The molecule has 0 saturated carbocycles. The summed E-state index contributed by atoms with van der Waals surface area (Å²) < 4.78 is 30.5. The van der Waals surface area contributed by atoms with Crippen LogP contribution in [0.1, 0.15) is 5.56 Å². The lowest BCUT2D eigenvalue weighted by Crippen LogP contribution is -2.44. The lowest BCUT2D eigenvalue weighted by atomic mass is 10.1. The molecular weight excluding hydrogens is 356 g/mol. The largest absolute Gasteiger partial charge is 0.506 e. The number of halogens is 1. The van der Waals surface area contributed by atoms with E-state index >= 15 is 0 Å². The number of phenols is 1. The second-order valence-corrected chi connectivity index (χ2v) is 8.63. The fraction of sp³-hybridized carbons (Fsp3) is 0.533. The van der Waals surface area contributed by atoms with E-state index in [1.807, 2.05) is 0 Å². The van der Waals surface area contributed by atoms with Gasteiger partial charge >= 0.3 is 0 Å². The minimum Gasteiger partial charge on any atom is -0.506 e. The quantitative estimate of drug-likeness (QED) is 0.758. The van der Waals surface area contributed by atoms with Gasteiger partial charge in [0.1, 0.15) is 5.75 Å². The molecule has 0 radical (unpaired) electrons. The minimum absolute atomic E-state index is 0.0426. The van der Waals surface area contributed by atoms with E-state index in [4.69, 9.17) is 16.3 Å². The van der Waals surface area contributed by atoms with Crippen molar-refractivity contribution in [3.63, 3.8) is 0 Å². The standard InChI is InChI=1S/C15H21ClN2O5S/c1-18(2)24(21,22)9-11-7-23-8-13(11)17-15(20)6-10-3-4-14(19)12(16)5-10/h3-5,11,13,19H,6-9H2,1-2H3,(H,17,20)/t11-,13-/m0/s1. The molecule has 9 heteroatoms. The number of benzene rings is 1. The summed E-state index contributed by atoms with van der Waals surface area (Å²) in [5.74, 6) is -0.654. The summed E-state index contributed by atoms with van der Waals surface area (Å²) in [6.45, 7) is 0.582. The van der Waals surface area contributed by atoms with E-state index in [-0.39, 0.29) is 47.4 Å². The van der Waals surface area contributed by atoms with Gasteiger partial charge in [0.2, 0.25) is 15.9 Å². The summed E-state index contributed by atoms with van der Waals surface area (Å²) >= 11 is 5.82. The van der Waals surface area contributed by atoms with Crippen LogP contribution in [0.15, 0.2) is 18.2 Å². The summed E-state index contributed by atoms with van der Waals surface area (Å²) in [4.78, 5) is 12.2. The molecule has 7 nitrogen and oxygen atoms in total. The third-order valence-corrected chi connectivity index (χ3v) is 6.17. The first-order valence-electron chi connectivity index (χ1n) is 7.43. The van der Waals surface area contributed by atoms with Crippen molar-refractivity contribution in [2.45, 2.75) is 12.5 Å². The molecule has 2 rings (SSSR count). The number of hydrogen-bond donors (Lipinski definition) is 2. The van der Waals surface area contributed by atoms with E-state index < -0.39 is 10.0 Å².